The van der Waals surface area contributed by atoms with Crippen LogP contribution in [0, 0.1) is 11.6 Å². The van der Waals surface area contributed by atoms with Crippen LogP contribution >= 0.6 is 0 Å². The van der Waals surface area contributed by atoms with E-state index < -0.39 is 11.6 Å². The molecular formula is C16H17F2NO. The van der Waals surface area contributed by atoms with E-state index in [1.165, 1.54) is 12.1 Å². The molecule has 0 saturated carbocycles. The fraction of sp³-hybridized carbons (Fsp3) is 0.375. The Morgan fingerprint density at radius 2 is 1.95 bits per heavy atom. The van der Waals surface area contributed by atoms with E-state index in [1.807, 2.05) is 12.3 Å². The van der Waals surface area contributed by atoms with Crippen LogP contribution in [-0.2, 0) is 19.4 Å². The summed E-state index contributed by atoms with van der Waals surface area (Å²) in [6, 6.07) is 5.57. The van der Waals surface area contributed by atoms with Crippen LogP contribution < -0.4 is 0 Å². The van der Waals surface area contributed by atoms with Crippen molar-refractivity contribution in [3.63, 3.8) is 0 Å². The predicted octanol–water partition coefficient (Wildman–Crippen LogP) is 3.38. The van der Waals surface area contributed by atoms with E-state index >= 15 is 0 Å². The van der Waals surface area contributed by atoms with E-state index in [2.05, 4.69) is 4.57 Å². The van der Waals surface area contributed by atoms with Gasteiger partial charge >= 0.3 is 0 Å². The van der Waals surface area contributed by atoms with Crippen molar-refractivity contribution in [3.8, 4) is 0 Å². The molecule has 1 aliphatic carbocycles. The first-order valence-corrected chi connectivity index (χ1v) is 6.94. The maximum Gasteiger partial charge on any atom is 0.126 e. The second-order valence-electron chi connectivity index (χ2n) is 5.35. The van der Waals surface area contributed by atoms with E-state index in [-0.39, 0.29) is 6.10 Å². The Kier molecular flexibility index (Phi) is 3.57. The van der Waals surface area contributed by atoms with Gasteiger partial charge in [0.25, 0.3) is 0 Å². The van der Waals surface area contributed by atoms with Gasteiger partial charge in [0.2, 0.25) is 0 Å². The molecule has 0 spiro atoms. The first-order chi connectivity index (χ1) is 9.63. The van der Waals surface area contributed by atoms with E-state index in [4.69, 9.17) is 0 Å². The SMILES string of the molecule is OC1CCCc2c1ccn2CCc1cc(F)cc(F)c1. The van der Waals surface area contributed by atoms with Gasteiger partial charge in [-0.05, 0) is 49.4 Å². The zero-order valence-corrected chi connectivity index (χ0v) is 11.1. The molecular weight excluding hydrogens is 260 g/mol. The molecule has 4 heteroatoms. The Labute approximate surface area is 116 Å². The van der Waals surface area contributed by atoms with Crippen LogP contribution in [0.1, 0.15) is 35.8 Å². The summed E-state index contributed by atoms with van der Waals surface area (Å²) >= 11 is 0. The van der Waals surface area contributed by atoms with Gasteiger partial charge in [0.15, 0.2) is 0 Å². The lowest BCUT2D eigenvalue weighted by atomic mass is 9.95. The number of halogens is 2. The smallest absolute Gasteiger partial charge is 0.126 e. The number of benzene rings is 1. The molecule has 1 atom stereocenters. The number of hydrogen-bond donors (Lipinski definition) is 1. The Balaban J connectivity index is 1.76. The summed E-state index contributed by atoms with van der Waals surface area (Å²) in [4.78, 5) is 0. The molecule has 1 N–H and O–H groups in total. The number of aliphatic hydroxyl groups is 1. The second-order valence-corrected chi connectivity index (χ2v) is 5.35. The molecule has 0 fully saturated rings. The molecule has 1 aromatic carbocycles. The molecule has 106 valence electrons. The molecule has 2 aromatic rings. The van der Waals surface area contributed by atoms with Crippen molar-refractivity contribution in [2.45, 2.75) is 38.3 Å². The molecule has 1 unspecified atom stereocenters. The average molecular weight is 277 g/mol. The Hall–Kier alpha value is -1.68. The van der Waals surface area contributed by atoms with Crippen molar-refractivity contribution in [3.05, 3.63) is 58.9 Å². The summed E-state index contributed by atoms with van der Waals surface area (Å²) in [5.74, 6) is -1.07. The number of fused-ring (bicyclic) bond motifs is 1. The summed E-state index contributed by atoms with van der Waals surface area (Å²) < 4.78 is 28.4. The molecule has 0 amide bonds. The Morgan fingerprint density at radius 1 is 1.20 bits per heavy atom. The van der Waals surface area contributed by atoms with Crippen molar-refractivity contribution in [2.24, 2.45) is 0 Å². The molecule has 0 bridgehead atoms. The summed E-state index contributed by atoms with van der Waals surface area (Å²) in [6.45, 7) is 0.672. The third-order valence-corrected chi connectivity index (χ3v) is 3.93. The highest BCUT2D eigenvalue weighted by atomic mass is 19.1. The maximum atomic E-state index is 13.1. The molecule has 1 heterocycles. The molecule has 0 saturated heterocycles. The van der Waals surface area contributed by atoms with Crippen molar-refractivity contribution in [1.29, 1.82) is 0 Å². The molecule has 2 nitrogen and oxygen atoms in total. The number of hydrogen-bond acceptors (Lipinski definition) is 1. The largest absolute Gasteiger partial charge is 0.388 e. The van der Waals surface area contributed by atoms with Gasteiger partial charge in [0, 0.05) is 30.1 Å². The lowest BCUT2D eigenvalue weighted by Crippen LogP contribution is -2.12. The number of aromatic nitrogens is 1. The quantitative estimate of drug-likeness (QED) is 0.914. The van der Waals surface area contributed by atoms with Gasteiger partial charge in [-0.1, -0.05) is 0 Å². The highest BCUT2D eigenvalue weighted by molar-refractivity contribution is 5.27. The van der Waals surface area contributed by atoms with E-state index in [1.54, 1.807) is 0 Å². The lowest BCUT2D eigenvalue weighted by Gasteiger charge is -2.20. The number of nitrogens with zero attached hydrogens (tertiary/aromatic N) is 1. The maximum absolute atomic E-state index is 13.1. The fourth-order valence-corrected chi connectivity index (χ4v) is 2.95. The fourth-order valence-electron chi connectivity index (χ4n) is 2.95. The van der Waals surface area contributed by atoms with E-state index in [9.17, 15) is 13.9 Å². The molecule has 1 aromatic heterocycles. The van der Waals surface area contributed by atoms with Crippen molar-refractivity contribution >= 4 is 0 Å². The van der Waals surface area contributed by atoms with Gasteiger partial charge in [-0.25, -0.2) is 8.78 Å². The molecule has 0 radical (unpaired) electrons. The zero-order chi connectivity index (χ0) is 14.1. The van der Waals surface area contributed by atoms with Gasteiger partial charge in [-0.3, -0.25) is 0 Å². The van der Waals surface area contributed by atoms with Gasteiger partial charge < -0.3 is 9.67 Å². The van der Waals surface area contributed by atoms with Crippen LogP contribution in [0.25, 0.3) is 0 Å². The van der Waals surface area contributed by atoms with Gasteiger partial charge in [0.05, 0.1) is 6.10 Å². The first kappa shape index (κ1) is 13.3. The normalized spacial score (nSPS) is 18.1. The number of rotatable bonds is 3. The van der Waals surface area contributed by atoms with E-state index in [0.717, 1.165) is 36.6 Å². The standard InChI is InChI=1S/C16H17F2NO/c17-12-8-11(9-13(18)10-12)4-6-19-7-5-14-15(19)2-1-3-16(14)20/h5,7-10,16,20H,1-4,6H2. The molecule has 20 heavy (non-hydrogen) atoms. The topological polar surface area (TPSA) is 25.2 Å². The van der Waals surface area contributed by atoms with Crippen molar-refractivity contribution in [2.75, 3.05) is 0 Å². The first-order valence-electron chi connectivity index (χ1n) is 6.94. The Bertz CT molecular complexity index is 601. The third-order valence-electron chi connectivity index (χ3n) is 3.93. The van der Waals surface area contributed by atoms with Crippen LogP contribution in [0.4, 0.5) is 8.78 Å². The monoisotopic (exact) mass is 277 g/mol. The van der Waals surface area contributed by atoms with Crippen LogP contribution in [0.3, 0.4) is 0 Å². The minimum atomic E-state index is -0.537. The highest BCUT2D eigenvalue weighted by Crippen LogP contribution is 2.30. The van der Waals surface area contributed by atoms with Gasteiger partial charge in [-0.2, -0.15) is 0 Å². The summed E-state index contributed by atoms with van der Waals surface area (Å²) in [5, 5.41) is 9.92. The summed E-state index contributed by atoms with van der Waals surface area (Å²) in [6.07, 6.45) is 4.91. The molecule has 1 aliphatic rings. The molecule has 3 rings (SSSR count). The minimum Gasteiger partial charge on any atom is -0.388 e. The lowest BCUT2D eigenvalue weighted by molar-refractivity contribution is 0.155. The van der Waals surface area contributed by atoms with Crippen LogP contribution in [0.2, 0.25) is 0 Å². The third kappa shape index (κ3) is 2.61. The van der Waals surface area contributed by atoms with Gasteiger partial charge in [-0.15, -0.1) is 0 Å². The summed E-state index contributed by atoms with van der Waals surface area (Å²) in [7, 11) is 0. The minimum absolute atomic E-state index is 0.369. The second kappa shape index (κ2) is 5.37. The zero-order valence-electron chi connectivity index (χ0n) is 11.1. The molecule has 0 aliphatic heterocycles. The highest BCUT2D eigenvalue weighted by Gasteiger charge is 2.20. The predicted molar refractivity (Wildman–Crippen MR) is 72.4 cm³/mol. The Morgan fingerprint density at radius 3 is 2.70 bits per heavy atom. The average Bonchev–Trinajstić information content (AvgIpc) is 2.80. The van der Waals surface area contributed by atoms with Crippen molar-refractivity contribution < 1.29 is 13.9 Å². The van der Waals surface area contributed by atoms with E-state index in [0.29, 0.717) is 18.5 Å². The number of aryl methyl sites for hydroxylation is 2. The van der Waals surface area contributed by atoms with Crippen LogP contribution in [0.5, 0.6) is 0 Å². The van der Waals surface area contributed by atoms with Gasteiger partial charge in [0.1, 0.15) is 11.6 Å². The van der Waals surface area contributed by atoms with Crippen LogP contribution in [0.15, 0.2) is 30.5 Å². The summed E-state index contributed by atoms with van der Waals surface area (Å²) in [5.41, 5.74) is 2.81. The van der Waals surface area contributed by atoms with Crippen LogP contribution in [-0.4, -0.2) is 9.67 Å². The van der Waals surface area contributed by atoms with Crippen molar-refractivity contribution in [1.82, 2.24) is 4.57 Å². The number of aliphatic hydroxyl groups excluding tert-OH is 1.